The largest absolute Gasteiger partial charge is 0.365 e. The van der Waals surface area contributed by atoms with Gasteiger partial charge >= 0.3 is 0 Å². The maximum Gasteiger partial charge on any atom is 0.271 e. The van der Waals surface area contributed by atoms with E-state index in [-0.39, 0.29) is 17.8 Å². The van der Waals surface area contributed by atoms with Crippen LogP contribution in [-0.2, 0) is 11.2 Å². The molecule has 1 fully saturated rings. The van der Waals surface area contributed by atoms with Crippen LogP contribution in [0.1, 0.15) is 18.9 Å². The minimum absolute atomic E-state index is 0.0262. The zero-order valence-corrected chi connectivity index (χ0v) is 9.12. The highest BCUT2D eigenvalue weighted by atomic mass is 19.3. The van der Waals surface area contributed by atoms with Gasteiger partial charge in [0.25, 0.3) is 6.08 Å². The maximum atomic E-state index is 12.3. The van der Waals surface area contributed by atoms with Crippen LogP contribution >= 0.6 is 0 Å². The van der Waals surface area contributed by atoms with Crippen molar-refractivity contribution >= 4 is 0 Å². The topological polar surface area (TPSA) is 12.5 Å². The molecule has 3 heteroatoms. The molecule has 2 atom stereocenters. The zero-order valence-electron chi connectivity index (χ0n) is 9.12. The summed E-state index contributed by atoms with van der Waals surface area (Å²) in [4.78, 5) is 0. The van der Waals surface area contributed by atoms with E-state index in [0.29, 0.717) is 0 Å². The fraction of sp³-hybridized carbons (Fsp3) is 0.385. The van der Waals surface area contributed by atoms with Crippen molar-refractivity contribution in [2.45, 2.75) is 32.0 Å². The lowest BCUT2D eigenvalue weighted by Gasteiger charge is -1.98. The van der Waals surface area contributed by atoms with Gasteiger partial charge in [-0.15, -0.1) is 0 Å². The second-order valence-corrected chi connectivity index (χ2v) is 4.06. The molecule has 1 aliphatic rings. The van der Waals surface area contributed by atoms with Crippen LogP contribution in [0.4, 0.5) is 8.78 Å². The maximum absolute atomic E-state index is 12.3. The Balaban J connectivity index is 1.81. The third-order valence-corrected chi connectivity index (χ3v) is 2.87. The van der Waals surface area contributed by atoms with Crippen molar-refractivity contribution in [1.82, 2.24) is 0 Å². The van der Waals surface area contributed by atoms with E-state index in [4.69, 9.17) is 4.74 Å². The lowest BCUT2D eigenvalue weighted by molar-refractivity contribution is 0.359. The summed E-state index contributed by atoms with van der Waals surface area (Å²) < 4.78 is 29.7. The Morgan fingerprint density at radius 2 is 1.94 bits per heavy atom. The van der Waals surface area contributed by atoms with Crippen LogP contribution in [0.3, 0.4) is 0 Å². The molecule has 1 nitrogen and oxygen atoms in total. The summed E-state index contributed by atoms with van der Waals surface area (Å²) in [5, 5.41) is 0. The first kappa shape index (κ1) is 11.3. The predicted molar refractivity (Wildman–Crippen MR) is 58.3 cm³/mol. The number of hydrogen-bond donors (Lipinski definition) is 0. The van der Waals surface area contributed by atoms with Gasteiger partial charge in [-0.05, 0) is 25.3 Å². The number of benzene rings is 1. The number of rotatable bonds is 4. The molecule has 1 heterocycles. The van der Waals surface area contributed by atoms with Crippen molar-refractivity contribution in [1.29, 1.82) is 0 Å². The van der Waals surface area contributed by atoms with Crippen molar-refractivity contribution in [2.75, 3.05) is 0 Å². The van der Waals surface area contributed by atoms with Crippen LogP contribution < -0.4 is 0 Å². The van der Waals surface area contributed by atoms with Crippen molar-refractivity contribution in [3.63, 3.8) is 0 Å². The molecular formula is C13H14F2O. The van der Waals surface area contributed by atoms with Crippen LogP contribution in [-0.4, -0.2) is 12.2 Å². The molecule has 0 unspecified atom stereocenters. The summed E-state index contributed by atoms with van der Waals surface area (Å²) in [7, 11) is 0. The summed E-state index contributed by atoms with van der Waals surface area (Å²) in [5.41, 5.74) is 1.30. The van der Waals surface area contributed by atoms with E-state index in [2.05, 4.69) is 0 Å². The van der Waals surface area contributed by atoms with Crippen molar-refractivity contribution in [3.8, 4) is 0 Å². The lowest BCUT2D eigenvalue weighted by atomic mass is 10.1. The van der Waals surface area contributed by atoms with Crippen molar-refractivity contribution < 1.29 is 13.5 Å². The van der Waals surface area contributed by atoms with Gasteiger partial charge in [0.1, 0.15) is 6.10 Å². The quantitative estimate of drug-likeness (QED) is 0.712. The zero-order chi connectivity index (χ0) is 11.5. The number of ether oxygens (including phenoxy) is 1. The molecule has 1 saturated heterocycles. The van der Waals surface area contributed by atoms with Gasteiger partial charge in [0, 0.05) is 5.57 Å². The Bertz CT molecular complexity index is 382. The van der Waals surface area contributed by atoms with Gasteiger partial charge in [0.2, 0.25) is 0 Å². The Labute approximate surface area is 93.7 Å². The Morgan fingerprint density at radius 3 is 2.56 bits per heavy atom. The summed E-state index contributed by atoms with van der Waals surface area (Å²) in [6.07, 6.45) is -0.301. The molecule has 86 valence electrons. The summed E-state index contributed by atoms with van der Waals surface area (Å²) in [6.45, 7) is 1.43. The lowest BCUT2D eigenvalue weighted by Crippen LogP contribution is -1.98. The second kappa shape index (κ2) is 4.74. The fourth-order valence-corrected chi connectivity index (χ4v) is 1.80. The first-order valence-electron chi connectivity index (χ1n) is 5.39. The predicted octanol–water partition coefficient (Wildman–Crippen LogP) is 3.56. The molecular weight excluding hydrogens is 210 g/mol. The minimum atomic E-state index is -1.60. The van der Waals surface area contributed by atoms with Gasteiger partial charge in [-0.3, -0.25) is 0 Å². The molecule has 2 rings (SSSR count). The van der Waals surface area contributed by atoms with Gasteiger partial charge in [-0.25, -0.2) is 0 Å². The number of aryl methyl sites for hydroxylation is 1. The van der Waals surface area contributed by atoms with E-state index in [0.717, 1.165) is 12.8 Å². The molecule has 0 spiro atoms. The van der Waals surface area contributed by atoms with Crippen LogP contribution in [0.5, 0.6) is 0 Å². The average Bonchev–Trinajstić information content (AvgIpc) is 3.06. The Kier molecular flexibility index (Phi) is 3.34. The van der Waals surface area contributed by atoms with Gasteiger partial charge in [-0.1, -0.05) is 30.3 Å². The molecule has 0 bridgehead atoms. The van der Waals surface area contributed by atoms with Gasteiger partial charge < -0.3 is 4.74 Å². The molecule has 16 heavy (non-hydrogen) atoms. The van der Waals surface area contributed by atoms with Crippen LogP contribution in [0.25, 0.3) is 0 Å². The number of hydrogen-bond acceptors (Lipinski definition) is 1. The van der Waals surface area contributed by atoms with E-state index in [1.54, 1.807) is 0 Å². The van der Waals surface area contributed by atoms with E-state index >= 15 is 0 Å². The highest BCUT2D eigenvalue weighted by molar-refractivity contribution is 5.18. The first-order valence-corrected chi connectivity index (χ1v) is 5.39. The molecule has 0 aromatic heterocycles. The molecule has 0 amide bonds. The standard InChI is InChI=1S/C13H14F2O/c1-9(13(14)15)12-11(16-12)8-7-10-5-3-2-4-6-10/h2-6,11-12H,7-8H2,1H3/t11-,12-/m1/s1. The molecule has 0 radical (unpaired) electrons. The molecule has 0 saturated carbocycles. The fourth-order valence-electron chi connectivity index (χ4n) is 1.80. The average molecular weight is 224 g/mol. The van der Waals surface area contributed by atoms with Gasteiger partial charge in [0.15, 0.2) is 0 Å². The summed E-state index contributed by atoms with van der Waals surface area (Å²) >= 11 is 0. The second-order valence-electron chi connectivity index (χ2n) is 4.06. The molecule has 1 aromatic rings. The van der Waals surface area contributed by atoms with Crippen molar-refractivity contribution in [2.24, 2.45) is 0 Å². The number of epoxide rings is 1. The minimum Gasteiger partial charge on any atom is -0.365 e. The molecule has 0 aliphatic carbocycles. The Morgan fingerprint density at radius 1 is 1.25 bits per heavy atom. The Hall–Kier alpha value is -1.22. The van der Waals surface area contributed by atoms with E-state index in [1.165, 1.54) is 12.5 Å². The monoisotopic (exact) mass is 224 g/mol. The SMILES string of the molecule is CC(=C(F)F)[C@H]1O[C@@H]1CCc1ccccc1. The van der Waals surface area contributed by atoms with E-state index in [1.807, 2.05) is 30.3 Å². The van der Waals surface area contributed by atoms with Crippen LogP contribution in [0.2, 0.25) is 0 Å². The smallest absolute Gasteiger partial charge is 0.271 e. The number of halogens is 2. The highest BCUT2D eigenvalue weighted by Gasteiger charge is 2.41. The highest BCUT2D eigenvalue weighted by Crippen LogP contribution is 2.34. The third kappa shape index (κ3) is 2.67. The molecule has 1 aromatic carbocycles. The van der Waals surface area contributed by atoms with Gasteiger partial charge in [-0.2, -0.15) is 8.78 Å². The van der Waals surface area contributed by atoms with Crippen LogP contribution in [0, 0.1) is 0 Å². The molecule has 0 N–H and O–H groups in total. The normalized spacial score (nSPS) is 22.9. The summed E-state index contributed by atoms with van der Waals surface area (Å²) in [6, 6.07) is 10.00. The van der Waals surface area contributed by atoms with Gasteiger partial charge in [0.05, 0.1) is 6.10 Å². The van der Waals surface area contributed by atoms with Crippen molar-refractivity contribution in [3.05, 3.63) is 47.5 Å². The molecule has 1 aliphatic heterocycles. The third-order valence-electron chi connectivity index (χ3n) is 2.87. The first-order chi connectivity index (χ1) is 7.68. The van der Waals surface area contributed by atoms with E-state index in [9.17, 15) is 8.78 Å². The summed E-state index contributed by atoms with van der Waals surface area (Å²) in [5.74, 6) is 0. The van der Waals surface area contributed by atoms with Crippen LogP contribution in [0.15, 0.2) is 42.0 Å². The van der Waals surface area contributed by atoms with E-state index < -0.39 is 6.08 Å².